The Hall–Kier alpha value is -2.40. The van der Waals surface area contributed by atoms with Crippen molar-refractivity contribution in [2.45, 2.75) is 9.92 Å². The van der Waals surface area contributed by atoms with Gasteiger partial charge in [0.05, 0.1) is 22.6 Å². The molecule has 0 spiro atoms. The molecule has 0 fully saturated rings. The number of carbonyl (C=O) groups excluding carboxylic acids is 1. The number of benzene rings is 2. The zero-order valence-corrected chi connectivity index (χ0v) is 12.2. The minimum atomic E-state index is -0.388. The van der Waals surface area contributed by atoms with Crippen LogP contribution in [-0.4, -0.2) is 18.1 Å². The summed E-state index contributed by atoms with van der Waals surface area (Å²) < 4.78 is 4.81. The highest BCUT2D eigenvalue weighted by molar-refractivity contribution is 7.99. The van der Waals surface area contributed by atoms with E-state index in [-0.39, 0.29) is 5.97 Å². The van der Waals surface area contributed by atoms with Gasteiger partial charge in [0.1, 0.15) is 0 Å². The average Bonchev–Trinajstić information content (AvgIpc) is 2.91. The minimum Gasteiger partial charge on any atom is -0.465 e. The van der Waals surface area contributed by atoms with Gasteiger partial charge in [-0.2, -0.15) is 0 Å². The second kappa shape index (κ2) is 5.54. The second-order valence-electron chi connectivity index (χ2n) is 4.54. The number of nitrogens with two attached hydrogens (primary N) is 1. The largest absolute Gasteiger partial charge is 0.465 e. The van der Waals surface area contributed by atoms with Crippen LogP contribution in [0.1, 0.15) is 10.4 Å². The van der Waals surface area contributed by atoms with Crippen LogP contribution >= 0.6 is 11.8 Å². The summed E-state index contributed by atoms with van der Waals surface area (Å²) in [6.07, 6.45) is 0. The first-order valence-electron chi connectivity index (χ1n) is 6.41. The standard InChI is InChI=1S/C16H14N2O2S/c1-20-16(19)11-6-4-7-12(17)15(11)21-14-9-10-5-2-3-8-13(10)18-14/h2-9,18H,17H2,1H3. The van der Waals surface area contributed by atoms with E-state index < -0.39 is 0 Å². The first kappa shape index (κ1) is 13.6. The molecule has 3 aromatic rings. The van der Waals surface area contributed by atoms with E-state index in [1.165, 1.54) is 18.9 Å². The summed E-state index contributed by atoms with van der Waals surface area (Å²) in [6, 6.07) is 15.3. The van der Waals surface area contributed by atoms with Gasteiger partial charge < -0.3 is 15.5 Å². The van der Waals surface area contributed by atoms with E-state index in [0.29, 0.717) is 16.1 Å². The molecule has 0 unspecified atom stereocenters. The lowest BCUT2D eigenvalue weighted by atomic mass is 10.2. The highest BCUT2D eigenvalue weighted by Crippen LogP contribution is 2.36. The van der Waals surface area contributed by atoms with Gasteiger partial charge in [-0.15, -0.1) is 0 Å². The lowest BCUT2D eigenvalue weighted by Gasteiger charge is -2.09. The number of esters is 1. The van der Waals surface area contributed by atoms with Crippen molar-refractivity contribution in [1.82, 2.24) is 4.98 Å². The molecule has 3 N–H and O–H groups in total. The third-order valence-electron chi connectivity index (χ3n) is 3.17. The van der Waals surface area contributed by atoms with Crippen molar-refractivity contribution < 1.29 is 9.53 Å². The fourth-order valence-electron chi connectivity index (χ4n) is 2.15. The number of para-hydroxylation sites is 1. The van der Waals surface area contributed by atoms with Crippen LogP contribution < -0.4 is 5.73 Å². The topological polar surface area (TPSA) is 68.1 Å². The number of H-pyrrole nitrogens is 1. The van der Waals surface area contributed by atoms with E-state index >= 15 is 0 Å². The molecule has 3 rings (SSSR count). The van der Waals surface area contributed by atoms with E-state index in [0.717, 1.165) is 15.9 Å². The van der Waals surface area contributed by atoms with Crippen molar-refractivity contribution in [3.8, 4) is 0 Å². The Labute approximate surface area is 126 Å². The zero-order valence-electron chi connectivity index (χ0n) is 11.4. The Morgan fingerprint density at radius 3 is 2.76 bits per heavy atom. The van der Waals surface area contributed by atoms with Crippen LogP contribution in [0, 0.1) is 0 Å². The van der Waals surface area contributed by atoms with Crippen molar-refractivity contribution in [2.24, 2.45) is 0 Å². The summed E-state index contributed by atoms with van der Waals surface area (Å²) in [5.74, 6) is -0.388. The number of hydrogen-bond acceptors (Lipinski definition) is 4. The molecule has 0 atom stereocenters. The Morgan fingerprint density at radius 2 is 2.00 bits per heavy atom. The van der Waals surface area contributed by atoms with E-state index in [9.17, 15) is 4.79 Å². The van der Waals surface area contributed by atoms with Crippen molar-refractivity contribution in [2.75, 3.05) is 12.8 Å². The number of aromatic amines is 1. The number of nitrogens with one attached hydrogen (secondary N) is 1. The molecule has 0 aliphatic carbocycles. The molecule has 21 heavy (non-hydrogen) atoms. The number of fused-ring (bicyclic) bond motifs is 1. The van der Waals surface area contributed by atoms with Crippen LogP contribution in [0.5, 0.6) is 0 Å². The van der Waals surface area contributed by atoms with Crippen LogP contribution in [0.15, 0.2) is 58.5 Å². The van der Waals surface area contributed by atoms with Crippen LogP contribution in [0.3, 0.4) is 0 Å². The van der Waals surface area contributed by atoms with Gasteiger partial charge in [0, 0.05) is 16.6 Å². The minimum absolute atomic E-state index is 0.388. The fourth-order valence-corrected chi connectivity index (χ4v) is 3.17. The summed E-state index contributed by atoms with van der Waals surface area (Å²) in [5, 5.41) is 2.05. The number of rotatable bonds is 3. The SMILES string of the molecule is COC(=O)c1cccc(N)c1Sc1cc2ccccc2[nH]1. The highest BCUT2D eigenvalue weighted by Gasteiger charge is 2.16. The molecule has 5 heteroatoms. The first-order chi connectivity index (χ1) is 10.2. The maximum atomic E-state index is 11.8. The number of carbonyl (C=O) groups is 1. The molecule has 0 radical (unpaired) electrons. The molecular formula is C16H14N2O2S. The summed E-state index contributed by atoms with van der Waals surface area (Å²) in [7, 11) is 1.36. The number of anilines is 1. The average molecular weight is 298 g/mol. The summed E-state index contributed by atoms with van der Waals surface area (Å²) in [6.45, 7) is 0. The molecule has 0 bridgehead atoms. The van der Waals surface area contributed by atoms with Gasteiger partial charge in [-0.1, -0.05) is 36.0 Å². The van der Waals surface area contributed by atoms with Gasteiger partial charge in [0.15, 0.2) is 0 Å². The molecule has 0 amide bonds. The molecule has 0 saturated heterocycles. The molecule has 0 aliphatic heterocycles. The molecule has 0 aliphatic rings. The molecule has 2 aromatic carbocycles. The quantitative estimate of drug-likeness (QED) is 0.571. The smallest absolute Gasteiger partial charge is 0.339 e. The van der Waals surface area contributed by atoms with Gasteiger partial charge in [-0.3, -0.25) is 0 Å². The number of ether oxygens (including phenoxy) is 1. The van der Waals surface area contributed by atoms with Gasteiger partial charge in [0.25, 0.3) is 0 Å². The molecule has 4 nitrogen and oxygen atoms in total. The Bertz CT molecular complexity index is 778. The molecule has 0 saturated carbocycles. The molecular weight excluding hydrogens is 284 g/mol. The van der Waals surface area contributed by atoms with Crippen molar-refractivity contribution in [1.29, 1.82) is 0 Å². The first-order valence-corrected chi connectivity index (χ1v) is 7.23. The predicted molar refractivity (Wildman–Crippen MR) is 84.6 cm³/mol. The van der Waals surface area contributed by atoms with E-state index in [1.807, 2.05) is 30.3 Å². The zero-order chi connectivity index (χ0) is 14.8. The maximum absolute atomic E-state index is 11.8. The molecule has 106 valence electrons. The van der Waals surface area contributed by atoms with Crippen molar-refractivity contribution in [3.63, 3.8) is 0 Å². The van der Waals surface area contributed by atoms with E-state index in [2.05, 4.69) is 4.98 Å². The van der Waals surface area contributed by atoms with Gasteiger partial charge in [0.2, 0.25) is 0 Å². The number of methoxy groups -OCH3 is 1. The third kappa shape index (κ3) is 2.60. The van der Waals surface area contributed by atoms with E-state index in [1.54, 1.807) is 18.2 Å². The summed E-state index contributed by atoms with van der Waals surface area (Å²) in [5.41, 5.74) is 8.09. The second-order valence-corrected chi connectivity index (χ2v) is 5.59. The third-order valence-corrected chi connectivity index (χ3v) is 4.27. The Morgan fingerprint density at radius 1 is 1.19 bits per heavy atom. The lowest BCUT2D eigenvalue weighted by Crippen LogP contribution is -2.05. The monoisotopic (exact) mass is 298 g/mol. The van der Waals surface area contributed by atoms with Gasteiger partial charge in [-0.05, 0) is 24.3 Å². The predicted octanol–water partition coefficient (Wildman–Crippen LogP) is 3.69. The normalized spacial score (nSPS) is 10.7. The van der Waals surface area contributed by atoms with Gasteiger partial charge >= 0.3 is 5.97 Å². The summed E-state index contributed by atoms with van der Waals surface area (Å²) >= 11 is 1.43. The molecule has 1 heterocycles. The van der Waals surface area contributed by atoms with E-state index in [4.69, 9.17) is 10.5 Å². The van der Waals surface area contributed by atoms with Crippen LogP contribution in [0.2, 0.25) is 0 Å². The van der Waals surface area contributed by atoms with Crippen molar-refractivity contribution >= 4 is 34.3 Å². The number of aromatic nitrogens is 1. The molecule has 1 aromatic heterocycles. The lowest BCUT2D eigenvalue weighted by molar-refractivity contribution is 0.0597. The highest BCUT2D eigenvalue weighted by atomic mass is 32.2. The fraction of sp³-hybridized carbons (Fsp3) is 0.0625. The Balaban J connectivity index is 2.02. The maximum Gasteiger partial charge on any atom is 0.339 e. The van der Waals surface area contributed by atoms with Crippen LogP contribution in [0.4, 0.5) is 5.69 Å². The summed E-state index contributed by atoms with van der Waals surface area (Å²) in [4.78, 5) is 15.9. The Kier molecular flexibility index (Phi) is 3.58. The van der Waals surface area contributed by atoms with Crippen LogP contribution in [-0.2, 0) is 4.74 Å². The van der Waals surface area contributed by atoms with Crippen molar-refractivity contribution in [3.05, 3.63) is 54.1 Å². The number of nitrogen functional groups attached to an aromatic ring is 1. The number of hydrogen-bond donors (Lipinski definition) is 2. The van der Waals surface area contributed by atoms with Gasteiger partial charge in [-0.25, -0.2) is 4.79 Å². The van der Waals surface area contributed by atoms with Crippen LogP contribution in [0.25, 0.3) is 10.9 Å².